The van der Waals surface area contributed by atoms with Crippen LogP contribution in [0.2, 0.25) is 0 Å². The van der Waals surface area contributed by atoms with Crippen LogP contribution in [0.25, 0.3) is 0 Å². The summed E-state index contributed by atoms with van der Waals surface area (Å²) in [5, 5.41) is 8.60. The molecule has 1 heterocycles. The first-order valence-electron chi connectivity index (χ1n) is 4.75. The minimum absolute atomic E-state index is 0.0931. The van der Waals surface area contributed by atoms with E-state index in [-0.39, 0.29) is 18.8 Å². The third-order valence-electron chi connectivity index (χ3n) is 1.99. The van der Waals surface area contributed by atoms with Crippen LogP contribution in [0.3, 0.4) is 0 Å². The summed E-state index contributed by atoms with van der Waals surface area (Å²) in [6.07, 6.45) is 0. The minimum atomic E-state index is -1.09. The molecule has 0 saturated carbocycles. The lowest BCUT2D eigenvalue weighted by Gasteiger charge is -2.17. The van der Waals surface area contributed by atoms with E-state index in [1.165, 1.54) is 18.2 Å². The Hall–Kier alpha value is -2.11. The van der Waals surface area contributed by atoms with Crippen molar-refractivity contribution in [3.8, 4) is 0 Å². The van der Waals surface area contributed by atoms with Crippen molar-refractivity contribution in [1.29, 1.82) is 0 Å². The first kappa shape index (κ1) is 12.0. The number of aromatic amines is 1. The molecule has 0 aliphatic rings. The van der Waals surface area contributed by atoms with E-state index in [2.05, 4.69) is 4.98 Å². The Morgan fingerprint density at radius 2 is 2.12 bits per heavy atom. The van der Waals surface area contributed by atoms with E-state index in [0.717, 1.165) is 4.90 Å². The number of H-pyrrole nitrogens is 1. The highest BCUT2D eigenvalue weighted by molar-refractivity contribution is 5.94. The van der Waals surface area contributed by atoms with Crippen LogP contribution in [0, 0.1) is 0 Å². The zero-order valence-electron chi connectivity index (χ0n) is 8.77. The summed E-state index contributed by atoms with van der Waals surface area (Å²) in [7, 11) is 0. The van der Waals surface area contributed by atoms with E-state index in [4.69, 9.17) is 5.11 Å². The molecule has 0 spiro atoms. The average molecular weight is 224 g/mol. The molecular weight excluding hydrogens is 212 g/mol. The Balaban J connectivity index is 2.91. The molecule has 0 aliphatic heterocycles. The van der Waals surface area contributed by atoms with Gasteiger partial charge in [-0.3, -0.25) is 14.4 Å². The first-order chi connectivity index (χ1) is 7.54. The molecule has 6 heteroatoms. The van der Waals surface area contributed by atoms with Crippen molar-refractivity contribution in [2.45, 2.75) is 6.92 Å². The topological polar surface area (TPSA) is 90.5 Å². The van der Waals surface area contributed by atoms with Crippen molar-refractivity contribution >= 4 is 11.9 Å². The number of carboxylic acids is 1. The standard InChI is InChI=1S/C10H12N2O4/c1-2-12(6-9(14)15)10(16)7-4-3-5-8(13)11-7/h3-5H,2,6H2,1H3,(H,11,13)(H,14,15). The molecule has 0 aromatic carbocycles. The van der Waals surface area contributed by atoms with Gasteiger partial charge in [0.2, 0.25) is 5.56 Å². The van der Waals surface area contributed by atoms with Crippen molar-refractivity contribution in [2.24, 2.45) is 0 Å². The Bertz CT molecular complexity index is 452. The Morgan fingerprint density at radius 1 is 1.44 bits per heavy atom. The van der Waals surface area contributed by atoms with Crippen LogP contribution in [0.4, 0.5) is 0 Å². The van der Waals surface area contributed by atoms with Gasteiger partial charge in [-0.25, -0.2) is 0 Å². The van der Waals surface area contributed by atoms with Crippen LogP contribution < -0.4 is 5.56 Å². The van der Waals surface area contributed by atoms with Gasteiger partial charge in [0.15, 0.2) is 0 Å². The van der Waals surface area contributed by atoms with Crippen molar-refractivity contribution in [3.63, 3.8) is 0 Å². The fourth-order valence-corrected chi connectivity index (χ4v) is 1.23. The lowest BCUT2D eigenvalue weighted by Crippen LogP contribution is -2.36. The number of hydrogen-bond acceptors (Lipinski definition) is 3. The highest BCUT2D eigenvalue weighted by Crippen LogP contribution is 1.99. The van der Waals surface area contributed by atoms with Crippen molar-refractivity contribution in [3.05, 3.63) is 34.2 Å². The molecule has 0 atom stereocenters. The monoisotopic (exact) mass is 224 g/mol. The fraction of sp³-hybridized carbons (Fsp3) is 0.300. The van der Waals surface area contributed by atoms with E-state index >= 15 is 0 Å². The Labute approximate surface area is 91.5 Å². The second kappa shape index (κ2) is 5.11. The maximum atomic E-state index is 11.8. The molecular formula is C10H12N2O4. The third-order valence-corrected chi connectivity index (χ3v) is 1.99. The maximum absolute atomic E-state index is 11.8. The molecule has 6 nitrogen and oxygen atoms in total. The largest absolute Gasteiger partial charge is 0.480 e. The smallest absolute Gasteiger partial charge is 0.323 e. The van der Waals surface area contributed by atoms with Crippen molar-refractivity contribution in [1.82, 2.24) is 9.88 Å². The van der Waals surface area contributed by atoms with Gasteiger partial charge in [-0.2, -0.15) is 0 Å². The molecule has 0 unspecified atom stereocenters. The summed E-state index contributed by atoms with van der Waals surface area (Å²) in [5.74, 6) is -1.59. The molecule has 0 bridgehead atoms. The highest BCUT2D eigenvalue weighted by Gasteiger charge is 2.17. The third kappa shape index (κ3) is 2.94. The summed E-state index contributed by atoms with van der Waals surface area (Å²) < 4.78 is 0. The van der Waals surface area contributed by atoms with Crippen molar-refractivity contribution in [2.75, 3.05) is 13.1 Å². The van der Waals surface area contributed by atoms with Crippen LogP contribution in [-0.2, 0) is 4.79 Å². The van der Waals surface area contributed by atoms with Gasteiger partial charge in [0.05, 0.1) is 0 Å². The van der Waals surface area contributed by atoms with Gasteiger partial charge >= 0.3 is 5.97 Å². The van der Waals surface area contributed by atoms with E-state index in [1.807, 2.05) is 0 Å². The number of likely N-dealkylation sites (N-methyl/N-ethyl adjacent to an activating group) is 1. The van der Waals surface area contributed by atoms with Crippen LogP contribution in [0.15, 0.2) is 23.0 Å². The highest BCUT2D eigenvalue weighted by atomic mass is 16.4. The number of carboxylic acid groups (broad SMARTS) is 1. The molecule has 0 saturated heterocycles. The first-order valence-corrected chi connectivity index (χ1v) is 4.75. The van der Waals surface area contributed by atoms with Crippen molar-refractivity contribution < 1.29 is 14.7 Å². The zero-order valence-corrected chi connectivity index (χ0v) is 8.77. The van der Waals surface area contributed by atoms with Gasteiger partial charge in [0, 0.05) is 12.6 Å². The summed E-state index contributed by atoms with van der Waals surface area (Å²) in [6.45, 7) is 1.55. The second-order valence-electron chi connectivity index (χ2n) is 3.14. The molecule has 2 N–H and O–H groups in total. The summed E-state index contributed by atoms with van der Waals surface area (Å²) in [6, 6.07) is 4.17. The molecule has 1 aromatic rings. The van der Waals surface area contributed by atoms with Gasteiger partial charge in [-0.05, 0) is 13.0 Å². The molecule has 1 rings (SSSR count). The number of nitrogens with zero attached hydrogens (tertiary/aromatic N) is 1. The van der Waals surface area contributed by atoms with Gasteiger partial charge in [0.25, 0.3) is 5.91 Å². The SMILES string of the molecule is CCN(CC(=O)O)C(=O)c1cccc(=O)[nH]1. The minimum Gasteiger partial charge on any atom is -0.480 e. The molecule has 1 amide bonds. The molecule has 0 radical (unpaired) electrons. The number of hydrogen-bond donors (Lipinski definition) is 2. The van der Waals surface area contributed by atoms with Crippen LogP contribution in [0.5, 0.6) is 0 Å². The van der Waals surface area contributed by atoms with Crippen LogP contribution in [-0.4, -0.2) is 40.0 Å². The molecule has 16 heavy (non-hydrogen) atoms. The van der Waals surface area contributed by atoms with E-state index in [0.29, 0.717) is 0 Å². The van der Waals surface area contributed by atoms with Gasteiger partial charge in [-0.1, -0.05) is 6.07 Å². The maximum Gasteiger partial charge on any atom is 0.323 e. The molecule has 1 aromatic heterocycles. The summed E-state index contributed by atoms with van der Waals surface area (Å²) in [4.78, 5) is 36.7. The van der Waals surface area contributed by atoms with Gasteiger partial charge in [-0.15, -0.1) is 0 Å². The predicted molar refractivity (Wildman–Crippen MR) is 56.3 cm³/mol. The van der Waals surface area contributed by atoms with E-state index < -0.39 is 17.4 Å². The summed E-state index contributed by atoms with van der Waals surface area (Å²) in [5.41, 5.74) is -0.298. The molecule has 0 aliphatic carbocycles. The predicted octanol–water partition coefficient (Wildman–Crippen LogP) is -0.0784. The molecule has 0 fully saturated rings. The normalized spacial score (nSPS) is 9.81. The number of aliphatic carboxylic acids is 1. The number of carbonyl (C=O) groups is 2. The number of rotatable bonds is 4. The number of carbonyl (C=O) groups excluding carboxylic acids is 1. The van der Waals surface area contributed by atoms with Crippen LogP contribution >= 0.6 is 0 Å². The van der Waals surface area contributed by atoms with Gasteiger partial charge in [0.1, 0.15) is 12.2 Å². The Kier molecular flexibility index (Phi) is 3.82. The number of nitrogens with one attached hydrogen (secondary N) is 1. The fourth-order valence-electron chi connectivity index (χ4n) is 1.23. The number of pyridine rings is 1. The number of aromatic nitrogens is 1. The lowest BCUT2D eigenvalue weighted by molar-refractivity contribution is -0.137. The average Bonchev–Trinajstić information content (AvgIpc) is 2.24. The van der Waals surface area contributed by atoms with Crippen LogP contribution in [0.1, 0.15) is 17.4 Å². The zero-order chi connectivity index (χ0) is 12.1. The van der Waals surface area contributed by atoms with E-state index in [1.54, 1.807) is 6.92 Å². The molecule has 86 valence electrons. The summed E-state index contributed by atoms with van der Waals surface area (Å²) >= 11 is 0. The lowest BCUT2D eigenvalue weighted by atomic mass is 10.3. The van der Waals surface area contributed by atoms with E-state index in [9.17, 15) is 14.4 Å². The van der Waals surface area contributed by atoms with Gasteiger partial charge < -0.3 is 15.0 Å². The quantitative estimate of drug-likeness (QED) is 0.748. The second-order valence-corrected chi connectivity index (χ2v) is 3.14. The number of amides is 1. The Morgan fingerprint density at radius 3 is 2.62 bits per heavy atom.